The van der Waals surface area contributed by atoms with Crippen LogP contribution in [0.1, 0.15) is 25.3 Å². The minimum Gasteiger partial charge on any atom is -0.379 e. The van der Waals surface area contributed by atoms with Crippen molar-refractivity contribution >= 4 is 5.96 Å². The average molecular weight is 350 g/mol. The zero-order valence-electron chi connectivity index (χ0n) is 15.5. The lowest BCUT2D eigenvalue weighted by Gasteiger charge is -2.26. The summed E-state index contributed by atoms with van der Waals surface area (Å²) < 4.78 is 18.7. The summed E-state index contributed by atoms with van der Waals surface area (Å²) in [5.74, 6) is 0.675. The smallest absolute Gasteiger partial charge is 0.193 e. The maximum Gasteiger partial charge on any atom is 0.193 e. The lowest BCUT2D eigenvalue weighted by Crippen LogP contribution is -2.38. The first-order chi connectivity index (χ1) is 12.2. The fourth-order valence-corrected chi connectivity index (χ4v) is 2.91. The first-order valence-corrected chi connectivity index (χ1v) is 9.23. The van der Waals surface area contributed by atoms with Crippen LogP contribution in [0.15, 0.2) is 29.3 Å². The topological polar surface area (TPSA) is 40.1 Å². The Morgan fingerprint density at radius 2 is 2.12 bits per heavy atom. The molecule has 0 saturated carbocycles. The van der Waals surface area contributed by atoms with Crippen LogP contribution in [0.4, 0.5) is 4.39 Å². The molecule has 0 atom stereocenters. The quantitative estimate of drug-likeness (QED) is 0.444. The summed E-state index contributed by atoms with van der Waals surface area (Å²) in [5.41, 5.74) is 0.945. The van der Waals surface area contributed by atoms with Gasteiger partial charge in [0, 0.05) is 39.8 Å². The van der Waals surface area contributed by atoms with Gasteiger partial charge in [0.25, 0.3) is 0 Å². The molecule has 1 N–H and O–H groups in total. The molecular weight excluding hydrogens is 319 g/mol. The Balaban J connectivity index is 1.76. The van der Waals surface area contributed by atoms with Crippen molar-refractivity contribution < 1.29 is 9.13 Å². The number of hydrogen-bond donors (Lipinski definition) is 1. The van der Waals surface area contributed by atoms with Gasteiger partial charge in [0.1, 0.15) is 5.82 Å². The summed E-state index contributed by atoms with van der Waals surface area (Å²) >= 11 is 0. The van der Waals surface area contributed by atoms with Crippen LogP contribution in [-0.2, 0) is 11.3 Å². The molecule has 0 unspecified atom stereocenters. The van der Waals surface area contributed by atoms with Gasteiger partial charge in [-0.2, -0.15) is 0 Å². The lowest BCUT2D eigenvalue weighted by molar-refractivity contribution is 0.0373. The van der Waals surface area contributed by atoms with E-state index in [0.717, 1.165) is 70.3 Å². The van der Waals surface area contributed by atoms with Gasteiger partial charge < -0.3 is 15.0 Å². The highest BCUT2D eigenvalue weighted by Crippen LogP contribution is 2.07. The van der Waals surface area contributed by atoms with Gasteiger partial charge in [-0.3, -0.25) is 9.89 Å². The van der Waals surface area contributed by atoms with E-state index >= 15 is 0 Å². The Morgan fingerprint density at radius 1 is 1.32 bits per heavy atom. The van der Waals surface area contributed by atoms with Crippen molar-refractivity contribution in [2.75, 3.05) is 53.0 Å². The van der Waals surface area contributed by atoms with Crippen LogP contribution < -0.4 is 5.32 Å². The Labute approximate surface area is 150 Å². The van der Waals surface area contributed by atoms with E-state index in [1.54, 1.807) is 12.1 Å². The highest BCUT2D eigenvalue weighted by Gasteiger charge is 2.09. The summed E-state index contributed by atoms with van der Waals surface area (Å²) in [4.78, 5) is 9.20. The monoisotopic (exact) mass is 350 g/mol. The van der Waals surface area contributed by atoms with Crippen molar-refractivity contribution in [2.45, 2.75) is 26.3 Å². The second-order valence-corrected chi connectivity index (χ2v) is 6.38. The van der Waals surface area contributed by atoms with Gasteiger partial charge in [0.2, 0.25) is 0 Å². The largest absolute Gasteiger partial charge is 0.379 e. The number of nitrogens with one attached hydrogen (secondary N) is 1. The average Bonchev–Trinajstić information content (AvgIpc) is 2.61. The van der Waals surface area contributed by atoms with Crippen molar-refractivity contribution in [3.8, 4) is 0 Å². The molecule has 0 amide bonds. The molecule has 0 radical (unpaired) electrons. The molecule has 0 bridgehead atoms. The molecule has 1 saturated heterocycles. The number of aliphatic imine (C=N–C) groups is 1. The van der Waals surface area contributed by atoms with Gasteiger partial charge in [-0.15, -0.1) is 0 Å². The van der Waals surface area contributed by atoms with E-state index in [1.807, 2.05) is 18.0 Å². The van der Waals surface area contributed by atoms with Crippen molar-refractivity contribution in [3.05, 3.63) is 35.6 Å². The number of nitrogens with zero attached hydrogens (tertiary/aromatic N) is 3. The third-order valence-corrected chi connectivity index (χ3v) is 4.25. The van der Waals surface area contributed by atoms with E-state index in [9.17, 15) is 4.39 Å². The Kier molecular flexibility index (Phi) is 8.69. The third kappa shape index (κ3) is 7.40. The first-order valence-electron chi connectivity index (χ1n) is 9.23. The van der Waals surface area contributed by atoms with E-state index in [-0.39, 0.29) is 5.82 Å². The fraction of sp³-hybridized carbons (Fsp3) is 0.632. The molecule has 1 aliphatic heterocycles. The molecule has 1 fully saturated rings. The zero-order chi connectivity index (χ0) is 17.9. The lowest BCUT2D eigenvalue weighted by atomic mass is 10.2. The van der Waals surface area contributed by atoms with Gasteiger partial charge in [-0.25, -0.2) is 4.39 Å². The second kappa shape index (κ2) is 11.1. The molecule has 5 nitrogen and oxygen atoms in total. The van der Waals surface area contributed by atoms with Crippen LogP contribution in [0.25, 0.3) is 0 Å². The Bertz CT molecular complexity index is 532. The molecule has 0 aliphatic carbocycles. The Hall–Kier alpha value is -1.66. The van der Waals surface area contributed by atoms with E-state index < -0.39 is 0 Å². The van der Waals surface area contributed by atoms with Crippen molar-refractivity contribution in [1.29, 1.82) is 0 Å². The van der Waals surface area contributed by atoms with Crippen molar-refractivity contribution in [1.82, 2.24) is 15.1 Å². The minimum atomic E-state index is -0.198. The summed E-state index contributed by atoms with van der Waals surface area (Å²) in [5, 5.41) is 3.31. The van der Waals surface area contributed by atoms with Gasteiger partial charge in [0.05, 0.1) is 13.2 Å². The molecule has 1 aromatic rings. The molecule has 25 heavy (non-hydrogen) atoms. The summed E-state index contributed by atoms with van der Waals surface area (Å²) in [6.07, 6.45) is 2.22. The van der Waals surface area contributed by atoms with Crippen LogP contribution in [0.2, 0.25) is 0 Å². The number of halogens is 1. The number of ether oxygens (including phenoxy) is 1. The van der Waals surface area contributed by atoms with Crippen molar-refractivity contribution in [2.24, 2.45) is 4.99 Å². The fourth-order valence-electron chi connectivity index (χ4n) is 2.91. The molecule has 6 heteroatoms. The summed E-state index contributed by atoms with van der Waals surface area (Å²) in [7, 11) is 1.99. The van der Waals surface area contributed by atoms with E-state index in [4.69, 9.17) is 9.73 Å². The molecule has 0 spiro atoms. The molecule has 0 aromatic heterocycles. The molecule has 1 aromatic carbocycles. The molecule has 1 heterocycles. The first kappa shape index (κ1) is 19.7. The SMILES string of the molecule is CCNC(=NCCCCN1CCOCC1)N(C)Cc1cccc(F)c1. The zero-order valence-corrected chi connectivity index (χ0v) is 15.5. The van der Waals surface area contributed by atoms with Gasteiger partial charge in [-0.1, -0.05) is 12.1 Å². The maximum atomic E-state index is 13.3. The normalized spacial score (nSPS) is 16.0. The van der Waals surface area contributed by atoms with Crippen LogP contribution in [0, 0.1) is 5.82 Å². The second-order valence-electron chi connectivity index (χ2n) is 6.38. The highest BCUT2D eigenvalue weighted by atomic mass is 19.1. The van der Waals surface area contributed by atoms with Crippen LogP contribution >= 0.6 is 0 Å². The summed E-state index contributed by atoms with van der Waals surface area (Å²) in [6.45, 7) is 9.24. The van der Waals surface area contributed by atoms with E-state index in [2.05, 4.69) is 17.1 Å². The molecular formula is C19H31FN4O. The predicted molar refractivity (Wildman–Crippen MR) is 100 cm³/mol. The van der Waals surface area contributed by atoms with Crippen LogP contribution in [0.5, 0.6) is 0 Å². The van der Waals surface area contributed by atoms with Gasteiger partial charge in [0.15, 0.2) is 5.96 Å². The standard InChI is InChI=1S/C19H31FN4O/c1-3-21-19(23(2)16-17-7-6-8-18(20)15-17)22-9-4-5-10-24-11-13-25-14-12-24/h6-8,15H,3-5,9-14,16H2,1-2H3,(H,21,22). The number of unbranched alkanes of at least 4 members (excludes halogenated alkanes) is 1. The molecule has 2 rings (SSSR count). The molecule has 1 aliphatic rings. The maximum absolute atomic E-state index is 13.3. The van der Waals surface area contributed by atoms with Crippen LogP contribution in [-0.4, -0.2) is 68.7 Å². The highest BCUT2D eigenvalue weighted by molar-refractivity contribution is 5.79. The third-order valence-electron chi connectivity index (χ3n) is 4.25. The Morgan fingerprint density at radius 3 is 2.84 bits per heavy atom. The minimum absolute atomic E-state index is 0.198. The van der Waals surface area contributed by atoms with Gasteiger partial charge in [-0.05, 0) is 44.0 Å². The van der Waals surface area contributed by atoms with E-state index in [0.29, 0.717) is 6.54 Å². The molecule has 140 valence electrons. The number of morpholine rings is 1. The van der Waals surface area contributed by atoms with E-state index in [1.165, 1.54) is 6.07 Å². The predicted octanol–water partition coefficient (Wildman–Crippen LogP) is 2.34. The summed E-state index contributed by atoms with van der Waals surface area (Å²) in [6, 6.07) is 6.72. The number of guanidine groups is 1. The van der Waals surface area contributed by atoms with Gasteiger partial charge >= 0.3 is 0 Å². The number of rotatable bonds is 8. The number of benzene rings is 1. The van der Waals surface area contributed by atoms with Crippen molar-refractivity contribution in [3.63, 3.8) is 0 Å². The number of hydrogen-bond acceptors (Lipinski definition) is 3. The van der Waals surface area contributed by atoms with Crippen LogP contribution in [0.3, 0.4) is 0 Å².